The standard InChI is InChI=1S/C19H17F4N3O2/c1-2-14(24)17-25-15-5-3-4-13(20)16(15)18(27)26(17)11-6-8-12(9-7-11)28-10-19(21,22)23/h3-9,14H,2,10,24H2,1H3/t14-/m0/s1. The van der Waals surface area contributed by atoms with E-state index < -0.39 is 30.2 Å². The minimum Gasteiger partial charge on any atom is -0.484 e. The summed E-state index contributed by atoms with van der Waals surface area (Å²) in [5, 5.41) is -0.188. The summed E-state index contributed by atoms with van der Waals surface area (Å²) < 4.78 is 56.9. The molecule has 0 fully saturated rings. The highest BCUT2D eigenvalue weighted by Crippen LogP contribution is 2.23. The van der Waals surface area contributed by atoms with Gasteiger partial charge < -0.3 is 10.5 Å². The van der Waals surface area contributed by atoms with Crippen LogP contribution in [0.2, 0.25) is 0 Å². The van der Waals surface area contributed by atoms with E-state index in [1.165, 1.54) is 41.0 Å². The quantitative estimate of drug-likeness (QED) is 0.666. The summed E-state index contributed by atoms with van der Waals surface area (Å²) in [6, 6.07) is 8.90. The monoisotopic (exact) mass is 395 g/mol. The van der Waals surface area contributed by atoms with Crippen molar-refractivity contribution < 1.29 is 22.3 Å². The number of alkyl halides is 3. The van der Waals surface area contributed by atoms with E-state index in [1.807, 2.05) is 6.92 Å². The lowest BCUT2D eigenvalue weighted by Gasteiger charge is -2.18. The van der Waals surface area contributed by atoms with Gasteiger partial charge in [-0.15, -0.1) is 0 Å². The molecule has 0 aliphatic heterocycles. The molecule has 1 heterocycles. The summed E-state index contributed by atoms with van der Waals surface area (Å²) in [6.07, 6.45) is -3.99. The summed E-state index contributed by atoms with van der Waals surface area (Å²) in [5.41, 5.74) is 5.92. The van der Waals surface area contributed by atoms with Crippen LogP contribution in [0.3, 0.4) is 0 Å². The van der Waals surface area contributed by atoms with Gasteiger partial charge in [-0.05, 0) is 42.8 Å². The summed E-state index contributed by atoms with van der Waals surface area (Å²) in [5.74, 6) is -0.504. The number of hydrogen-bond donors (Lipinski definition) is 1. The number of benzene rings is 2. The van der Waals surface area contributed by atoms with Gasteiger partial charge in [0.05, 0.1) is 17.2 Å². The fourth-order valence-corrected chi connectivity index (χ4v) is 2.74. The van der Waals surface area contributed by atoms with Gasteiger partial charge in [0, 0.05) is 0 Å². The van der Waals surface area contributed by atoms with Gasteiger partial charge in [-0.3, -0.25) is 9.36 Å². The number of fused-ring (bicyclic) bond motifs is 1. The molecule has 0 spiro atoms. The van der Waals surface area contributed by atoms with Gasteiger partial charge in [0.15, 0.2) is 6.61 Å². The number of ether oxygens (including phenoxy) is 1. The SMILES string of the molecule is CC[C@H](N)c1nc2cccc(F)c2c(=O)n1-c1ccc(OCC(F)(F)F)cc1. The Kier molecular flexibility index (Phi) is 5.37. The molecule has 3 aromatic rings. The number of hydrogen-bond acceptors (Lipinski definition) is 4. The first-order valence-corrected chi connectivity index (χ1v) is 8.48. The fourth-order valence-electron chi connectivity index (χ4n) is 2.74. The molecule has 0 bridgehead atoms. The van der Waals surface area contributed by atoms with Crippen LogP contribution >= 0.6 is 0 Å². The Morgan fingerprint density at radius 1 is 1.18 bits per heavy atom. The van der Waals surface area contributed by atoms with Crippen LogP contribution in [0, 0.1) is 5.82 Å². The number of nitrogens with two attached hydrogens (primary N) is 1. The number of halogens is 4. The van der Waals surface area contributed by atoms with Gasteiger partial charge >= 0.3 is 6.18 Å². The van der Waals surface area contributed by atoms with Crippen molar-refractivity contribution in [2.75, 3.05) is 6.61 Å². The van der Waals surface area contributed by atoms with Gasteiger partial charge in [-0.2, -0.15) is 13.2 Å². The molecule has 2 aromatic carbocycles. The Balaban J connectivity index is 2.12. The average molecular weight is 395 g/mol. The van der Waals surface area contributed by atoms with Crippen molar-refractivity contribution in [1.29, 1.82) is 0 Å². The first-order chi connectivity index (χ1) is 13.2. The Labute approximate surface area is 157 Å². The van der Waals surface area contributed by atoms with Gasteiger partial charge in [0.25, 0.3) is 5.56 Å². The van der Waals surface area contributed by atoms with Gasteiger partial charge in [0.1, 0.15) is 22.8 Å². The fraction of sp³-hybridized carbons (Fsp3) is 0.263. The minimum absolute atomic E-state index is 0.0182. The molecule has 1 aromatic heterocycles. The molecule has 0 saturated heterocycles. The van der Waals surface area contributed by atoms with Crippen molar-refractivity contribution in [1.82, 2.24) is 9.55 Å². The smallest absolute Gasteiger partial charge is 0.422 e. The molecule has 0 amide bonds. The molecule has 2 N–H and O–H groups in total. The van der Waals surface area contributed by atoms with Gasteiger partial charge in [-0.1, -0.05) is 13.0 Å². The molecule has 0 radical (unpaired) electrons. The predicted molar refractivity (Wildman–Crippen MR) is 96.1 cm³/mol. The maximum Gasteiger partial charge on any atom is 0.422 e. The lowest BCUT2D eigenvalue weighted by molar-refractivity contribution is -0.153. The van der Waals surface area contributed by atoms with Crippen molar-refractivity contribution in [2.24, 2.45) is 5.73 Å². The first-order valence-electron chi connectivity index (χ1n) is 8.48. The maximum atomic E-state index is 14.2. The summed E-state index contributed by atoms with van der Waals surface area (Å²) >= 11 is 0. The van der Waals surface area contributed by atoms with Crippen LogP contribution in [0.1, 0.15) is 25.2 Å². The second-order valence-corrected chi connectivity index (χ2v) is 6.16. The zero-order valence-corrected chi connectivity index (χ0v) is 14.8. The Hall–Kier alpha value is -2.94. The molecule has 1 atom stereocenters. The first kappa shape index (κ1) is 19.8. The number of rotatable bonds is 5. The topological polar surface area (TPSA) is 70.1 Å². The zero-order chi connectivity index (χ0) is 20.5. The molecule has 0 aliphatic carbocycles. The highest BCUT2D eigenvalue weighted by Gasteiger charge is 2.28. The highest BCUT2D eigenvalue weighted by atomic mass is 19.4. The molecular weight excluding hydrogens is 378 g/mol. The largest absolute Gasteiger partial charge is 0.484 e. The zero-order valence-electron chi connectivity index (χ0n) is 14.8. The normalized spacial score (nSPS) is 12.9. The summed E-state index contributed by atoms with van der Waals surface area (Å²) in [7, 11) is 0. The van der Waals surface area contributed by atoms with E-state index in [-0.39, 0.29) is 22.5 Å². The van der Waals surface area contributed by atoms with E-state index in [9.17, 15) is 22.4 Å². The molecule has 0 unspecified atom stereocenters. The third-order valence-electron chi connectivity index (χ3n) is 4.14. The van der Waals surface area contributed by atoms with Crippen LogP contribution in [0.4, 0.5) is 17.6 Å². The number of nitrogens with zero attached hydrogens (tertiary/aromatic N) is 2. The Morgan fingerprint density at radius 2 is 1.86 bits per heavy atom. The van der Waals surface area contributed by atoms with E-state index in [2.05, 4.69) is 9.72 Å². The van der Waals surface area contributed by atoms with Crippen molar-refractivity contribution in [3.63, 3.8) is 0 Å². The number of aromatic nitrogens is 2. The van der Waals surface area contributed by atoms with Crippen LogP contribution in [-0.4, -0.2) is 22.3 Å². The minimum atomic E-state index is -4.46. The van der Waals surface area contributed by atoms with E-state index >= 15 is 0 Å². The lowest BCUT2D eigenvalue weighted by Crippen LogP contribution is -2.28. The predicted octanol–water partition coefficient (Wildman–Crippen LogP) is 3.88. The molecule has 28 heavy (non-hydrogen) atoms. The van der Waals surface area contributed by atoms with E-state index in [0.29, 0.717) is 12.1 Å². The molecule has 9 heteroatoms. The van der Waals surface area contributed by atoms with E-state index in [1.54, 1.807) is 0 Å². The second-order valence-electron chi connectivity index (χ2n) is 6.16. The summed E-state index contributed by atoms with van der Waals surface area (Å²) in [6.45, 7) is 0.381. The van der Waals surface area contributed by atoms with Gasteiger partial charge in [0.2, 0.25) is 0 Å². The third-order valence-corrected chi connectivity index (χ3v) is 4.14. The van der Waals surface area contributed by atoms with Gasteiger partial charge in [-0.25, -0.2) is 9.37 Å². The molecule has 148 valence electrons. The maximum absolute atomic E-state index is 14.2. The van der Waals surface area contributed by atoms with Crippen LogP contribution in [-0.2, 0) is 0 Å². The molecule has 0 saturated carbocycles. The average Bonchev–Trinajstić information content (AvgIpc) is 2.65. The van der Waals surface area contributed by atoms with Crippen LogP contribution in [0.15, 0.2) is 47.3 Å². The highest BCUT2D eigenvalue weighted by molar-refractivity contribution is 5.78. The van der Waals surface area contributed by atoms with E-state index in [4.69, 9.17) is 5.73 Å². The van der Waals surface area contributed by atoms with Crippen molar-refractivity contribution >= 4 is 10.9 Å². The van der Waals surface area contributed by atoms with Crippen LogP contribution < -0.4 is 16.0 Å². The molecular formula is C19H17F4N3O2. The van der Waals surface area contributed by atoms with E-state index in [0.717, 1.165) is 6.07 Å². The summed E-state index contributed by atoms with van der Waals surface area (Å²) in [4.78, 5) is 17.3. The Bertz CT molecular complexity index is 1050. The third kappa shape index (κ3) is 3.99. The van der Waals surface area contributed by atoms with Crippen molar-refractivity contribution in [2.45, 2.75) is 25.6 Å². The van der Waals surface area contributed by atoms with Crippen molar-refractivity contribution in [3.8, 4) is 11.4 Å². The molecule has 0 aliphatic rings. The lowest BCUT2D eigenvalue weighted by atomic mass is 10.1. The molecule has 5 nitrogen and oxygen atoms in total. The Morgan fingerprint density at radius 3 is 2.46 bits per heavy atom. The molecule has 3 rings (SSSR count). The van der Waals surface area contributed by atoms with Crippen LogP contribution in [0.25, 0.3) is 16.6 Å². The second kappa shape index (κ2) is 7.59. The van der Waals surface area contributed by atoms with Crippen LogP contribution in [0.5, 0.6) is 5.75 Å². The van der Waals surface area contributed by atoms with Crippen molar-refractivity contribution in [3.05, 3.63) is 64.5 Å².